The van der Waals surface area contributed by atoms with Crippen LogP contribution in [0.1, 0.15) is 29.2 Å². The number of phenols is 1. The van der Waals surface area contributed by atoms with Gasteiger partial charge in [0, 0.05) is 17.2 Å². The molecule has 0 saturated heterocycles. The van der Waals surface area contributed by atoms with E-state index in [1.807, 2.05) is 6.92 Å². The normalized spacial score (nSPS) is 10.8. The summed E-state index contributed by atoms with van der Waals surface area (Å²) in [6.45, 7) is 1.82. The zero-order chi connectivity index (χ0) is 22.0. The third-order valence-electron chi connectivity index (χ3n) is 4.88. The molecule has 0 aliphatic heterocycles. The van der Waals surface area contributed by atoms with Crippen LogP contribution in [-0.4, -0.2) is 5.11 Å². The molecule has 154 valence electrons. The predicted octanol–water partition coefficient (Wildman–Crippen LogP) is 5.97. The van der Waals surface area contributed by atoms with Crippen LogP contribution in [0.15, 0.2) is 36.4 Å². The smallest absolute Gasteiger partial charge is 0.144 e. The van der Waals surface area contributed by atoms with Crippen molar-refractivity contribution in [2.24, 2.45) is 0 Å². The number of nitriles is 1. The molecule has 1 N–H and O–H groups in total. The molecule has 7 heteroatoms. The van der Waals surface area contributed by atoms with E-state index in [0.717, 1.165) is 12.1 Å². The Balaban J connectivity index is 1.99. The van der Waals surface area contributed by atoms with Gasteiger partial charge in [0.1, 0.15) is 46.5 Å². The van der Waals surface area contributed by atoms with E-state index in [0.29, 0.717) is 18.1 Å². The second-order valence-corrected chi connectivity index (χ2v) is 6.76. The Morgan fingerprint density at radius 3 is 2.03 bits per heavy atom. The summed E-state index contributed by atoms with van der Waals surface area (Å²) in [5.74, 6) is -5.88. The van der Waals surface area contributed by atoms with E-state index in [-0.39, 0.29) is 24.0 Å². The topological polar surface area (TPSA) is 44.0 Å². The summed E-state index contributed by atoms with van der Waals surface area (Å²) in [4.78, 5) is 0. The molecule has 0 aliphatic rings. The Morgan fingerprint density at radius 1 is 0.833 bits per heavy atom. The molecule has 3 rings (SSSR count). The number of aryl methyl sites for hydroxylation is 2. The van der Waals surface area contributed by atoms with E-state index in [1.165, 1.54) is 18.2 Å². The van der Waals surface area contributed by atoms with Crippen molar-refractivity contribution < 1.29 is 27.1 Å². The summed E-state index contributed by atoms with van der Waals surface area (Å²) in [6, 6.07) is 8.00. The van der Waals surface area contributed by atoms with Gasteiger partial charge in [-0.15, -0.1) is 0 Å². The molecule has 0 heterocycles. The van der Waals surface area contributed by atoms with Crippen molar-refractivity contribution in [3.8, 4) is 22.9 Å². The third-order valence-corrected chi connectivity index (χ3v) is 4.88. The van der Waals surface area contributed by atoms with Crippen molar-refractivity contribution in [3.05, 3.63) is 87.7 Å². The van der Waals surface area contributed by atoms with Crippen molar-refractivity contribution in [1.29, 1.82) is 5.26 Å². The van der Waals surface area contributed by atoms with Gasteiger partial charge in [-0.05, 0) is 48.6 Å². The van der Waals surface area contributed by atoms with Gasteiger partial charge >= 0.3 is 0 Å². The van der Waals surface area contributed by atoms with Crippen LogP contribution in [0.5, 0.6) is 5.75 Å². The quantitative estimate of drug-likeness (QED) is 0.520. The zero-order valence-electron chi connectivity index (χ0n) is 15.9. The molecule has 3 aromatic rings. The molecule has 3 aromatic carbocycles. The summed E-state index contributed by atoms with van der Waals surface area (Å²) in [5.41, 5.74) is -1.14. The van der Waals surface area contributed by atoms with Crippen LogP contribution in [-0.2, 0) is 19.3 Å². The SMILES string of the molecule is CCc1ccc(-c2c(O)cc(F)c(CCc3cc(F)c(C#N)c(F)c3)c2F)c(F)c1. The van der Waals surface area contributed by atoms with Crippen molar-refractivity contribution in [2.45, 2.75) is 26.2 Å². The standard InChI is InChI=1S/C23H16F5NO/c1-2-12-3-5-14(17(24)7-12)22-21(30)10-20(27)15(23(22)28)6-4-13-8-18(25)16(11-29)19(26)9-13/h3,5,7-10,30H,2,4,6H2,1H3. The average molecular weight is 417 g/mol. The highest BCUT2D eigenvalue weighted by atomic mass is 19.1. The van der Waals surface area contributed by atoms with Gasteiger partial charge in [0.2, 0.25) is 0 Å². The van der Waals surface area contributed by atoms with Crippen LogP contribution in [0, 0.1) is 40.4 Å². The lowest BCUT2D eigenvalue weighted by atomic mass is 9.95. The first kappa shape index (κ1) is 21.3. The highest BCUT2D eigenvalue weighted by Crippen LogP contribution is 2.37. The van der Waals surface area contributed by atoms with Crippen LogP contribution in [0.25, 0.3) is 11.1 Å². The fourth-order valence-corrected chi connectivity index (χ4v) is 3.26. The number of benzene rings is 3. The minimum absolute atomic E-state index is 0.0934. The van der Waals surface area contributed by atoms with E-state index < -0.39 is 51.5 Å². The largest absolute Gasteiger partial charge is 0.507 e. The van der Waals surface area contributed by atoms with Crippen LogP contribution in [0.2, 0.25) is 0 Å². The second-order valence-electron chi connectivity index (χ2n) is 6.76. The minimum Gasteiger partial charge on any atom is -0.507 e. The van der Waals surface area contributed by atoms with Gasteiger partial charge in [-0.25, -0.2) is 22.0 Å². The molecule has 0 radical (unpaired) electrons. The Bertz CT molecular complexity index is 1140. The Morgan fingerprint density at radius 2 is 1.47 bits per heavy atom. The summed E-state index contributed by atoms with van der Waals surface area (Å²) in [5, 5.41) is 18.7. The molecule has 0 aromatic heterocycles. The van der Waals surface area contributed by atoms with E-state index in [9.17, 15) is 22.7 Å². The molecular formula is C23H16F5NO. The second kappa shape index (κ2) is 8.54. The fraction of sp³-hybridized carbons (Fsp3) is 0.174. The summed E-state index contributed by atoms with van der Waals surface area (Å²) in [6.07, 6.45) is 0.108. The highest BCUT2D eigenvalue weighted by Gasteiger charge is 2.22. The predicted molar refractivity (Wildman–Crippen MR) is 101 cm³/mol. The van der Waals surface area contributed by atoms with Crippen LogP contribution >= 0.6 is 0 Å². The van der Waals surface area contributed by atoms with E-state index in [4.69, 9.17) is 5.26 Å². The number of halogens is 5. The first-order valence-electron chi connectivity index (χ1n) is 9.13. The zero-order valence-corrected chi connectivity index (χ0v) is 15.9. The van der Waals surface area contributed by atoms with Gasteiger partial charge in [-0.2, -0.15) is 5.26 Å². The average Bonchev–Trinajstić information content (AvgIpc) is 2.68. The van der Waals surface area contributed by atoms with Crippen molar-refractivity contribution in [3.63, 3.8) is 0 Å². The van der Waals surface area contributed by atoms with E-state index in [2.05, 4.69) is 0 Å². The van der Waals surface area contributed by atoms with Gasteiger partial charge in [-0.1, -0.05) is 19.1 Å². The molecule has 2 nitrogen and oxygen atoms in total. The van der Waals surface area contributed by atoms with Gasteiger partial charge in [0.25, 0.3) is 0 Å². The Labute approximate surface area is 169 Å². The molecule has 0 amide bonds. The van der Waals surface area contributed by atoms with Crippen LogP contribution in [0.3, 0.4) is 0 Å². The van der Waals surface area contributed by atoms with Crippen molar-refractivity contribution in [2.75, 3.05) is 0 Å². The van der Waals surface area contributed by atoms with Gasteiger partial charge in [0.05, 0.1) is 5.56 Å². The van der Waals surface area contributed by atoms with Crippen molar-refractivity contribution in [1.82, 2.24) is 0 Å². The third kappa shape index (κ3) is 3.99. The molecule has 0 fully saturated rings. The van der Waals surface area contributed by atoms with E-state index in [1.54, 1.807) is 6.07 Å². The van der Waals surface area contributed by atoms with Gasteiger partial charge in [0.15, 0.2) is 0 Å². The first-order chi connectivity index (χ1) is 14.3. The first-order valence-corrected chi connectivity index (χ1v) is 9.13. The maximum atomic E-state index is 15.1. The molecule has 0 unspecified atom stereocenters. The van der Waals surface area contributed by atoms with Crippen LogP contribution < -0.4 is 0 Å². The lowest BCUT2D eigenvalue weighted by molar-refractivity contribution is 0.458. The lowest BCUT2D eigenvalue weighted by Crippen LogP contribution is -2.03. The summed E-state index contributed by atoms with van der Waals surface area (Å²) in [7, 11) is 0. The van der Waals surface area contributed by atoms with Crippen molar-refractivity contribution >= 4 is 0 Å². The minimum atomic E-state index is -1.15. The van der Waals surface area contributed by atoms with Gasteiger partial charge < -0.3 is 5.11 Å². The number of phenolic OH excluding ortho intramolecular Hbond substituents is 1. The monoisotopic (exact) mass is 417 g/mol. The Hall–Kier alpha value is -3.40. The maximum Gasteiger partial charge on any atom is 0.144 e. The summed E-state index contributed by atoms with van der Waals surface area (Å²) < 4.78 is 71.3. The molecule has 0 atom stereocenters. The highest BCUT2D eigenvalue weighted by molar-refractivity contribution is 5.72. The summed E-state index contributed by atoms with van der Waals surface area (Å²) >= 11 is 0. The van der Waals surface area contributed by atoms with Crippen LogP contribution in [0.4, 0.5) is 22.0 Å². The maximum absolute atomic E-state index is 15.1. The molecule has 0 saturated carbocycles. The van der Waals surface area contributed by atoms with E-state index >= 15 is 4.39 Å². The fourth-order valence-electron chi connectivity index (χ4n) is 3.26. The molecule has 0 bridgehead atoms. The van der Waals surface area contributed by atoms with Gasteiger partial charge in [-0.3, -0.25) is 0 Å². The Kier molecular flexibility index (Phi) is 6.06. The molecular weight excluding hydrogens is 401 g/mol. The number of rotatable bonds is 5. The number of hydrogen-bond acceptors (Lipinski definition) is 2. The number of nitrogens with zero attached hydrogens (tertiary/aromatic N) is 1. The molecule has 0 aliphatic carbocycles. The molecule has 30 heavy (non-hydrogen) atoms. The number of hydrogen-bond donors (Lipinski definition) is 1. The number of aromatic hydroxyl groups is 1. The lowest BCUT2D eigenvalue weighted by Gasteiger charge is -2.14. The molecule has 0 spiro atoms.